The summed E-state index contributed by atoms with van der Waals surface area (Å²) in [5.74, 6) is -1.91. The largest absolute Gasteiger partial charge is 0.477 e. The lowest BCUT2D eigenvalue weighted by Gasteiger charge is -2.34. The van der Waals surface area contributed by atoms with Crippen LogP contribution >= 0.6 is 12.4 Å². The van der Waals surface area contributed by atoms with Crippen LogP contribution in [0.25, 0.3) is 10.9 Å². The van der Waals surface area contributed by atoms with Crippen molar-refractivity contribution in [2.45, 2.75) is 24.9 Å². The minimum atomic E-state index is -1.32. The lowest BCUT2D eigenvalue weighted by Crippen LogP contribution is -2.52. The Morgan fingerprint density at radius 2 is 2.07 bits per heavy atom. The van der Waals surface area contributed by atoms with Crippen LogP contribution in [0.2, 0.25) is 0 Å². The third-order valence-electron chi connectivity index (χ3n) is 5.05. The number of hydrogen-bond donors (Lipinski definition) is 2. The molecule has 1 aliphatic carbocycles. The zero-order chi connectivity index (χ0) is 18.4. The molecule has 0 amide bonds. The number of rotatable bonds is 4. The molecule has 2 fully saturated rings. The summed E-state index contributed by atoms with van der Waals surface area (Å²) in [4.78, 5) is 25.6. The average Bonchev–Trinajstić information content (AvgIpc) is 3.47. The number of aromatic nitrogens is 1. The molecule has 1 saturated carbocycles. The van der Waals surface area contributed by atoms with E-state index in [9.17, 15) is 23.5 Å². The number of nitrogens with one attached hydrogen (secondary N) is 1. The average molecular weight is 400 g/mol. The molecule has 9 heteroatoms. The van der Waals surface area contributed by atoms with Gasteiger partial charge < -0.3 is 19.9 Å². The van der Waals surface area contributed by atoms with Gasteiger partial charge in [0.2, 0.25) is 5.43 Å². The molecule has 1 atom stereocenters. The monoisotopic (exact) mass is 399 g/mol. The van der Waals surface area contributed by atoms with E-state index in [2.05, 4.69) is 5.32 Å². The van der Waals surface area contributed by atoms with Crippen molar-refractivity contribution < 1.29 is 18.7 Å². The molecule has 1 unspecified atom stereocenters. The van der Waals surface area contributed by atoms with Crippen molar-refractivity contribution >= 4 is 35.0 Å². The van der Waals surface area contributed by atoms with Crippen LogP contribution in [0.5, 0.6) is 0 Å². The smallest absolute Gasteiger partial charge is 0.341 e. The molecule has 2 aromatic rings. The summed E-state index contributed by atoms with van der Waals surface area (Å²) in [5.41, 5.74) is -0.198. The first-order valence-electron chi connectivity index (χ1n) is 8.65. The zero-order valence-corrected chi connectivity index (χ0v) is 15.3. The summed E-state index contributed by atoms with van der Waals surface area (Å²) < 4.78 is 29.5. The molecular formula is C18H20ClF2N3O3. The fraction of sp³-hybridized carbons (Fsp3) is 0.444. The maximum atomic E-state index is 14.7. The van der Waals surface area contributed by atoms with Crippen molar-refractivity contribution in [1.82, 2.24) is 9.88 Å². The molecule has 1 aromatic heterocycles. The van der Waals surface area contributed by atoms with Gasteiger partial charge in [-0.1, -0.05) is 0 Å². The number of nitrogens with zero attached hydrogens (tertiary/aromatic N) is 2. The van der Waals surface area contributed by atoms with E-state index in [1.54, 1.807) is 15.5 Å². The summed E-state index contributed by atoms with van der Waals surface area (Å²) in [6, 6.07) is 2.47. The molecule has 0 bridgehead atoms. The van der Waals surface area contributed by atoms with E-state index in [0.29, 0.717) is 30.8 Å². The Morgan fingerprint density at radius 1 is 1.33 bits per heavy atom. The Balaban J connectivity index is 0.00000210. The molecule has 1 aromatic carbocycles. The molecular weight excluding hydrogens is 380 g/mol. The number of carbonyl (C=O) groups is 1. The highest BCUT2D eigenvalue weighted by atomic mass is 35.5. The fourth-order valence-corrected chi connectivity index (χ4v) is 3.56. The number of carboxylic acids is 1. The summed E-state index contributed by atoms with van der Waals surface area (Å²) in [6.07, 6.45) is 3.14. The van der Waals surface area contributed by atoms with Crippen LogP contribution in [0.15, 0.2) is 23.1 Å². The molecule has 0 spiro atoms. The normalized spacial score (nSPS) is 19.8. The molecule has 6 nitrogen and oxygen atoms in total. The summed E-state index contributed by atoms with van der Waals surface area (Å²) >= 11 is 0. The van der Waals surface area contributed by atoms with E-state index in [1.165, 1.54) is 6.20 Å². The predicted molar refractivity (Wildman–Crippen MR) is 101 cm³/mol. The first-order chi connectivity index (χ1) is 12.5. The topological polar surface area (TPSA) is 74.6 Å². The number of carboxylic acid groups (broad SMARTS) is 1. The Morgan fingerprint density at radius 3 is 2.70 bits per heavy atom. The van der Waals surface area contributed by atoms with Crippen LogP contribution in [-0.2, 0) is 0 Å². The third kappa shape index (κ3) is 3.51. The van der Waals surface area contributed by atoms with E-state index in [0.717, 1.165) is 18.9 Å². The Hall–Kier alpha value is -2.19. The van der Waals surface area contributed by atoms with Gasteiger partial charge in [0.1, 0.15) is 18.1 Å². The van der Waals surface area contributed by atoms with Gasteiger partial charge in [0, 0.05) is 37.3 Å². The Bertz CT molecular complexity index is 946. The number of pyridine rings is 1. The van der Waals surface area contributed by atoms with Crippen molar-refractivity contribution in [1.29, 1.82) is 0 Å². The molecule has 4 rings (SSSR count). The van der Waals surface area contributed by atoms with E-state index >= 15 is 0 Å². The van der Waals surface area contributed by atoms with Crippen molar-refractivity contribution in [3.05, 3.63) is 39.9 Å². The van der Waals surface area contributed by atoms with E-state index in [4.69, 9.17) is 0 Å². The number of aromatic carboxylic acids is 1. The van der Waals surface area contributed by atoms with E-state index < -0.39 is 23.9 Å². The SMILES string of the molecule is Cl.O=C(O)c1cn(C2CC2)c2cc(N3CCNC(CF)C3)c(F)cc2c1=O. The Labute approximate surface area is 160 Å². The van der Waals surface area contributed by atoms with E-state index in [-0.39, 0.29) is 35.4 Å². The van der Waals surface area contributed by atoms with Crippen LogP contribution in [0.3, 0.4) is 0 Å². The van der Waals surface area contributed by atoms with Crippen molar-refractivity contribution in [3.63, 3.8) is 0 Å². The minimum Gasteiger partial charge on any atom is -0.477 e. The maximum Gasteiger partial charge on any atom is 0.341 e. The highest BCUT2D eigenvalue weighted by molar-refractivity contribution is 5.93. The van der Waals surface area contributed by atoms with Crippen LogP contribution in [0, 0.1) is 5.82 Å². The van der Waals surface area contributed by atoms with Crippen LogP contribution in [0.4, 0.5) is 14.5 Å². The van der Waals surface area contributed by atoms with Gasteiger partial charge in [0.15, 0.2) is 0 Å². The van der Waals surface area contributed by atoms with Gasteiger partial charge in [-0.05, 0) is 25.0 Å². The van der Waals surface area contributed by atoms with Gasteiger partial charge in [-0.25, -0.2) is 13.6 Å². The van der Waals surface area contributed by atoms with Gasteiger partial charge in [0.25, 0.3) is 0 Å². The van der Waals surface area contributed by atoms with Crippen molar-refractivity contribution in [3.8, 4) is 0 Å². The number of hydrogen-bond acceptors (Lipinski definition) is 4. The molecule has 2 aliphatic rings. The number of alkyl halides is 1. The quantitative estimate of drug-likeness (QED) is 0.825. The number of piperazine rings is 1. The first-order valence-corrected chi connectivity index (χ1v) is 8.65. The predicted octanol–water partition coefficient (Wildman–Crippen LogP) is 2.34. The summed E-state index contributed by atoms with van der Waals surface area (Å²) in [5, 5.41) is 12.4. The maximum absolute atomic E-state index is 14.7. The van der Waals surface area contributed by atoms with Gasteiger partial charge in [-0.15, -0.1) is 12.4 Å². The highest BCUT2D eigenvalue weighted by Crippen LogP contribution is 2.38. The number of benzene rings is 1. The lowest BCUT2D eigenvalue weighted by molar-refractivity contribution is 0.0695. The molecule has 2 N–H and O–H groups in total. The number of anilines is 1. The number of fused-ring (bicyclic) bond motifs is 1. The van der Waals surface area contributed by atoms with Gasteiger partial charge in [-0.2, -0.15) is 0 Å². The first kappa shape index (κ1) is 19.6. The van der Waals surface area contributed by atoms with Gasteiger partial charge in [0.05, 0.1) is 17.2 Å². The summed E-state index contributed by atoms with van der Waals surface area (Å²) in [7, 11) is 0. The van der Waals surface area contributed by atoms with Crippen LogP contribution < -0.4 is 15.6 Å². The zero-order valence-electron chi connectivity index (χ0n) is 14.5. The fourth-order valence-electron chi connectivity index (χ4n) is 3.56. The van der Waals surface area contributed by atoms with Gasteiger partial charge in [-0.3, -0.25) is 4.79 Å². The second-order valence-electron chi connectivity index (χ2n) is 6.89. The minimum absolute atomic E-state index is 0. The lowest BCUT2D eigenvalue weighted by atomic mass is 10.1. The second-order valence-corrected chi connectivity index (χ2v) is 6.89. The highest BCUT2D eigenvalue weighted by Gasteiger charge is 2.28. The molecule has 0 radical (unpaired) electrons. The van der Waals surface area contributed by atoms with E-state index in [1.807, 2.05) is 0 Å². The van der Waals surface area contributed by atoms with Gasteiger partial charge >= 0.3 is 5.97 Å². The second kappa shape index (κ2) is 7.44. The van der Waals surface area contributed by atoms with Crippen LogP contribution in [-0.4, -0.2) is 48.0 Å². The molecule has 2 heterocycles. The van der Waals surface area contributed by atoms with Crippen LogP contribution in [0.1, 0.15) is 29.2 Å². The third-order valence-corrected chi connectivity index (χ3v) is 5.05. The van der Waals surface area contributed by atoms with Crippen molar-refractivity contribution in [2.24, 2.45) is 0 Å². The molecule has 27 heavy (non-hydrogen) atoms. The number of halogens is 3. The summed E-state index contributed by atoms with van der Waals surface area (Å²) in [6.45, 7) is 0.861. The standard InChI is InChI=1S/C18H19F2N3O3.ClH/c19-7-10-8-22(4-3-21-10)16-6-15-12(5-14(16)20)17(24)13(18(25)26)9-23(15)11-1-2-11;/h5-6,9-11,21H,1-4,7-8H2,(H,25,26);1H. The molecule has 1 aliphatic heterocycles. The molecule has 1 saturated heterocycles. The molecule has 146 valence electrons. The van der Waals surface area contributed by atoms with Crippen molar-refractivity contribution in [2.75, 3.05) is 31.2 Å². The Kier molecular flexibility index (Phi) is 5.39.